The molecule has 3 aromatic carbocycles. The Balaban J connectivity index is 1.33. The normalized spacial score (nSPS) is 18.2. The first kappa shape index (κ1) is 26.5. The summed E-state index contributed by atoms with van der Waals surface area (Å²) in [4.78, 5) is 0. The van der Waals surface area contributed by atoms with Crippen molar-refractivity contribution in [3.8, 4) is 5.75 Å². The van der Waals surface area contributed by atoms with Crippen LogP contribution in [0.5, 0.6) is 5.75 Å². The van der Waals surface area contributed by atoms with Gasteiger partial charge < -0.3 is 9.47 Å². The van der Waals surface area contributed by atoms with Crippen LogP contribution in [0, 0.1) is 23.5 Å². The van der Waals surface area contributed by atoms with Crippen molar-refractivity contribution in [1.82, 2.24) is 0 Å². The van der Waals surface area contributed by atoms with Crippen LogP contribution in [-0.4, -0.2) is 20.3 Å². The SMILES string of the molecule is COCCC1CCC(CCc2ccc3c(F)c(CCc4ccc(OC(F)F)c(F)c4)ccc3c2)CC1. The molecule has 1 fully saturated rings. The van der Waals surface area contributed by atoms with Crippen LogP contribution in [0.2, 0.25) is 0 Å². The van der Waals surface area contributed by atoms with Crippen LogP contribution in [0.25, 0.3) is 10.8 Å². The highest BCUT2D eigenvalue weighted by atomic mass is 19.3. The van der Waals surface area contributed by atoms with E-state index >= 15 is 4.39 Å². The number of rotatable bonds is 11. The topological polar surface area (TPSA) is 18.5 Å². The van der Waals surface area contributed by atoms with Gasteiger partial charge >= 0.3 is 6.61 Å². The van der Waals surface area contributed by atoms with Crippen molar-refractivity contribution in [2.75, 3.05) is 13.7 Å². The van der Waals surface area contributed by atoms with Gasteiger partial charge in [0.25, 0.3) is 0 Å². The first-order chi connectivity index (χ1) is 17.4. The summed E-state index contributed by atoms with van der Waals surface area (Å²) >= 11 is 0. The summed E-state index contributed by atoms with van der Waals surface area (Å²) in [6.45, 7) is -2.22. The molecule has 0 aliphatic heterocycles. The number of fused-ring (bicyclic) bond motifs is 1. The molecule has 6 heteroatoms. The van der Waals surface area contributed by atoms with Crippen LogP contribution in [0.3, 0.4) is 0 Å². The van der Waals surface area contributed by atoms with Gasteiger partial charge in [-0.1, -0.05) is 62.1 Å². The van der Waals surface area contributed by atoms with Crippen molar-refractivity contribution in [2.45, 2.75) is 64.4 Å². The maximum atomic E-state index is 15.2. The Morgan fingerprint density at radius 3 is 2.19 bits per heavy atom. The van der Waals surface area contributed by atoms with Crippen molar-refractivity contribution < 1.29 is 27.0 Å². The third-order valence-electron chi connectivity index (χ3n) is 7.53. The van der Waals surface area contributed by atoms with E-state index in [1.54, 1.807) is 13.2 Å². The molecule has 1 saturated carbocycles. The van der Waals surface area contributed by atoms with E-state index in [0.29, 0.717) is 29.4 Å². The Bertz CT molecular complexity index is 1140. The number of benzene rings is 3. The van der Waals surface area contributed by atoms with Crippen molar-refractivity contribution in [2.24, 2.45) is 11.8 Å². The number of methoxy groups -OCH3 is 1. The van der Waals surface area contributed by atoms with Gasteiger partial charge in [-0.3, -0.25) is 0 Å². The molecule has 3 aromatic rings. The molecule has 0 unspecified atom stereocenters. The molecule has 0 radical (unpaired) electrons. The number of halogens is 4. The molecular formula is C30H34F4O2. The first-order valence-electron chi connectivity index (χ1n) is 12.8. The van der Waals surface area contributed by atoms with Crippen LogP contribution in [0.1, 0.15) is 55.2 Å². The summed E-state index contributed by atoms with van der Waals surface area (Å²) in [7, 11) is 1.77. The molecule has 0 spiro atoms. The third-order valence-corrected chi connectivity index (χ3v) is 7.53. The summed E-state index contributed by atoms with van der Waals surface area (Å²) in [5, 5.41) is 1.47. The Morgan fingerprint density at radius 2 is 1.50 bits per heavy atom. The lowest BCUT2D eigenvalue weighted by atomic mass is 9.78. The second-order valence-electron chi connectivity index (χ2n) is 9.94. The molecule has 1 aliphatic rings. The predicted octanol–water partition coefficient (Wildman–Crippen LogP) is 8.28. The van der Waals surface area contributed by atoms with Gasteiger partial charge in [0.2, 0.25) is 0 Å². The van der Waals surface area contributed by atoms with Gasteiger partial charge in [-0.25, -0.2) is 8.78 Å². The van der Waals surface area contributed by atoms with E-state index in [4.69, 9.17) is 4.74 Å². The van der Waals surface area contributed by atoms with Crippen molar-refractivity contribution in [3.05, 3.63) is 76.9 Å². The van der Waals surface area contributed by atoms with Gasteiger partial charge in [-0.15, -0.1) is 0 Å². The maximum absolute atomic E-state index is 15.2. The zero-order valence-electron chi connectivity index (χ0n) is 20.8. The minimum atomic E-state index is -3.08. The van der Waals surface area contributed by atoms with Crippen LogP contribution in [0.15, 0.2) is 48.5 Å². The van der Waals surface area contributed by atoms with Crippen molar-refractivity contribution in [1.29, 1.82) is 0 Å². The van der Waals surface area contributed by atoms with E-state index in [2.05, 4.69) is 10.8 Å². The molecule has 0 bridgehead atoms. The van der Waals surface area contributed by atoms with Gasteiger partial charge in [0, 0.05) is 19.1 Å². The molecule has 0 saturated heterocycles. The van der Waals surface area contributed by atoms with Crippen molar-refractivity contribution in [3.63, 3.8) is 0 Å². The number of hydrogen-bond acceptors (Lipinski definition) is 2. The molecule has 2 nitrogen and oxygen atoms in total. The molecule has 0 N–H and O–H groups in total. The van der Waals surface area contributed by atoms with E-state index in [1.165, 1.54) is 56.2 Å². The zero-order chi connectivity index (χ0) is 25.5. The van der Waals surface area contributed by atoms with Crippen LogP contribution < -0.4 is 4.74 Å². The zero-order valence-corrected chi connectivity index (χ0v) is 20.8. The minimum Gasteiger partial charge on any atom is -0.432 e. The summed E-state index contributed by atoms with van der Waals surface area (Å²) < 4.78 is 63.1. The Morgan fingerprint density at radius 1 is 0.806 bits per heavy atom. The van der Waals surface area contributed by atoms with Crippen LogP contribution in [-0.2, 0) is 24.0 Å². The highest BCUT2D eigenvalue weighted by Crippen LogP contribution is 2.34. The molecule has 1 aliphatic carbocycles. The lowest BCUT2D eigenvalue weighted by Crippen LogP contribution is -2.16. The highest BCUT2D eigenvalue weighted by Gasteiger charge is 2.21. The average Bonchev–Trinajstić information content (AvgIpc) is 2.87. The van der Waals surface area contributed by atoms with E-state index in [1.807, 2.05) is 18.2 Å². The van der Waals surface area contributed by atoms with E-state index in [0.717, 1.165) is 36.3 Å². The Kier molecular flexibility index (Phi) is 9.24. The Hall–Kier alpha value is -2.60. The quantitative estimate of drug-likeness (QED) is 0.246. The van der Waals surface area contributed by atoms with E-state index < -0.39 is 18.2 Å². The molecular weight excluding hydrogens is 468 g/mol. The number of ether oxygens (including phenoxy) is 2. The highest BCUT2D eigenvalue weighted by molar-refractivity contribution is 5.84. The largest absolute Gasteiger partial charge is 0.432 e. The fourth-order valence-corrected chi connectivity index (χ4v) is 5.37. The van der Waals surface area contributed by atoms with Gasteiger partial charge in [-0.05, 0) is 78.1 Å². The predicted molar refractivity (Wildman–Crippen MR) is 135 cm³/mol. The molecule has 0 heterocycles. The second-order valence-corrected chi connectivity index (χ2v) is 9.94. The van der Waals surface area contributed by atoms with E-state index in [-0.39, 0.29) is 5.82 Å². The van der Waals surface area contributed by atoms with Crippen LogP contribution in [0.4, 0.5) is 17.6 Å². The monoisotopic (exact) mass is 502 g/mol. The summed E-state index contributed by atoms with van der Waals surface area (Å²) in [5.41, 5.74) is 2.38. The molecule has 194 valence electrons. The first-order valence-corrected chi connectivity index (χ1v) is 12.8. The molecule has 0 aromatic heterocycles. The van der Waals surface area contributed by atoms with Crippen molar-refractivity contribution >= 4 is 10.8 Å². The molecule has 0 amide bonds. The lowest BCUT2D eigenvalue weighted by Gasteiger charge is -2.28. The summed E-state index contributed by atoms with van der Waals surface area (Å²) in [6.07, 6.45) is 9.26. The Labute approximate surface area is 210 Å². The molecule has 36 heavy (non-hydrogen) atoms. The summed E-state index contributed by atoms with van der Waals surface area (Å²) in [6, 6.07) is 13.6. The lowest BCUT2D eigenvalue weighted by molar-refractivity contribution is -0.0522. The number of hydrogen-bond donors (Lipinski definition) is 0. The average molecular weight is 503 g/mol. The minimum absolute atomic E-state index is 0.258. The molecule has 0 atom stereocenters. The fourth-order valence-electron chi connectivity index (χ4n) is 5.37. The van der Waals surface area contributed by atoms with Gasteiger partial charge in [0.15, 0.2) is 11.6 Å². The fraction of sp³-hybridized carbons (Fsp3) is 0.467. The molecule has 4 rings (SSSR count). The smallest absolute Gasteiger partial charge is 0.387 e. The van der Waals surface area contributed by atoms with Gasteiger partial charge in [0.1, 0.15) is 5.82 Å². The maximum Gasteiger partial charge on any atom is 0.387 e. The van der Waals surface area contributed by atoms with Gasteiger partial charge in [0.05, 0.1) is 0 Å². The second kappa shape index (κ2) is 12.6. The van der Waals surface area contributed by atoms with Crippen LogP contribution >= 0.6 is 0 Å². The number of alkyl halides is 2. The standard InChI is InChI=1S/C30H34F4O2/c1-35-17-16-21-4-2-20(3-5-21)6-7-22-9-14-26-25(18-22)13-12-24(29(26)32)11-8-23-10-15-28(27(31)19-23)36-30(33)34/h9-10,12-15,18-21,30H,2-8,11,16-17H2,1H3. The third kappa shape index (κ3) is 7.00. The van der Waals surface area contributed by atoms with Gasteiger partial charge in [-0.2, -0.15) is 8.78 Å². The van der Waals surface area contributed by atoms with E-state index in [9.17, 15) is 13.2 Å². The number of aryl methyl sites for hydroxylation is 3. The summed E-state index contributed by atoms with van der Waals surface area (Å²) in [5.74, 6) is -0.0300.